The molecule has 1 saturated heterocycles. The Bertz CT molecular complexity index is 332. The van der Waals surface area contributed by atoms with Crippen LogP contribution in [-0.4, -0.2) is 36.1 Å². The van der Waals surface area contributed by atoms with E-state index in [2.05, 4.69) is 28.2 Å². The third-order valence-electron chi connectivity index (χ3n) is 3.49. The van der Waals surface area contributed by atoms with Gasteiger partial charge < -0.3 is 10.2 Å². The third-order valence-corrected chi connectivity index (χ3v) is 3.49. The van der Waals surface area contributed by atoms with Gasteiger partial charge in [0.2, 0.25) is 0 Å². The molecule has 0 amide bonds. The maximum atomic E-state index is 4.16. The van der Waals surface area contributed by atoms with E-state index >= 15 is 0 Å². The van der Waals surface area contributed by atoms with Gasteiger partial charge in [0.15, 0.2) is 0 Å². The van der Waals surface area contributed by atoms with Crippen LogP contribution in [0.3, 0.4) is 0 Å². The van der Waals surface area contributed by atoms with Crippen LogP contribution < -0.4 is 5.32 Å². The summed E-state index contributed by atoms with van der Waals surface area (Å²) < 4.78 is 0. The summed E-state index contributed by atoms with van der Waals surface area (Å²) >= 11 is 0. The molecule has 0 spiro atoms. The molecule has 0 bridgehead atoms. The van der Waals surface area contributed by atoms with E-state index in [4.69, 9.17) is 0 Å². The highest BCUT2D eigenvalue weighted by Gasteiger charge is 2.09. The van der Waals surface area contributed by atoms with Crippen LogP contribution in [0.4, 0.5) is 0 Å². The van der Waals surface area contributed by atoms with Gasteiger partial charge in [0.1, 0.15) is 0 Å². The second-order valence-electron chi connectivity index (χ2n) is 4.88. The molecular weight excluding hydrogens is 210 g/mol. The van der Waals surface area contributed by atoms with E-state index in [0.717, 1.165) is 13.1 Å². The van der Waals surface area contributed by atoms with Gasteiger partial charge in [-0.2, -0.15) is 0 Å². The first-order chi connectivity index (χ1) is 8.36. The molecular formula is C14H23N3. The zero-order valence-electron chi connectivity index (χ0n) is 10.8. The van der Waals surface area contributed by atoms with Crippen molar-refractivity contribution in [3.05, 3.63) is 29.6 Å². The van der Waals surface area contributed by atoms with Gasteiger partial charge in [0.05, 0.1) is 0 Å². The SMILES string of the molecule is Cc1ccncc1CNCCCN1CCCC1. The third kappa shape index (κ3) is 4.10. The van der Waals surface area contributed by atoms with Crippen LogP contribution >= 0.6 is 0 Å². The fraction of sp³-hybridized carbons (Fsp3) is 0.643. The van der Waals surface area contributed by atoms with Crippen LogP contribution in [0.15, 0.2) is 18.5 Å². The molecule has 1 aromatic heterocycles. The standard InChI is InChI=1S/C14H23N3/c1-13-5-7-16-12-14(13)11-15-6-4-10-17-8-2-3-9-17/h5,7,12,15H,2-4,6,8-11H2,1H3. The molecule has 94 valence electrons. The van der Waals surface area contributed by atoms with Crippen LogP contribution in [0.25, 0.3) is 0 Å². The topological polar surface area (TPSA) is 28.2 Å². The second-order valence-corrected chi connectivity index (χ2v) is 4.88. The molecule has 0 unspecified atom stereocenters. The largest absolute Gasteiger partial charge is 0.313 e. The number of rotatable bonds is 6. The molecule has 0 aliphatic carbocycles. The van der Waals surface area contributed by atoms with Crippen molar-refractivity contribution < 1.29 is 0 Å². The van der Waals surface area contributed by atoms with Crippen molar-refractivity contribution in [2.24, 2.45) is 0 Å². The lowest BCUT2D eigenvalue weighted by molar-refractivity contribution is 0.331. The van der Waals surface area contributed by atoms with Crippen LogP contribution in [0.5, 0.6) is 0 Å². The molecule has 0 atom stereocenters. The number of nitrogens with zero attached hydrogens (tertiary/aromatic N) is 2. The smallest absolute Gasteiger partial charge is 0.0315 e. The summed E-state index contributed by atoms with van der Waals surface area (Å²) in [4.78, 5) is 6.73. The number of hydrogen-bond donors (Lipinski definition) is 1. The predicted octanol–water partition coefficient (Wildman–Crippen LogP) is 1.97. The van der Waals surface area contributed by atoms with Crippen molar-refractivity contribution in [3.8, 4) is 0 Å². The summed E-state index contributed by atoms with van der Waals surface area (Å²) in [5.74, 6) is 0. The summed E-state index contributed by atoms with van der Waals surface area (Å²) in [6.07, 6.45) is 7.85. The van der Waals surface area contributed by atoms with Gasteiger partial charge in [-0.05, 0) is 69.6 Å². The fourth-order valence-corrected chi connectivity index (χ4v) is 2.34. The van der Waals surface area contributed by atoms with Gasteiger partial charge in [0.25, 0.3) is 0 Å². The van der Waals surface area contributed by atoms with E-state index in [-0.39, 0.29) is 0 Å². The van der Waals surface area contributed by atoms with Crippen LogP contribution in [-0.2, 0) is 6.54 Å². The molecule has 0 aromatic carbocycles. The molecule has 2 heterocycles. The van der Waals surface area contributed by atoms with E-state index in [1.807, 2.05) is 12.4 Å². The normalized spacial score (nSPS) is 16.5. The average molecular weight is 233 g/mol. The molecule has 3 nitrogen and oxygen atoms in total. The summed E-state index contributed by atoms with van der Waals surface area (Å²) in [5.41, 5.74) is 2.64. The Labute approximate surface area is 104 Å². The highest BCUT2D eigenvalue weighted by Crippen LogP contribution is 2.07. The van der Waals surface area contributed by atoms with Gasteiger partial charge in [-0.3, -0.25) is 4.98 Å². The molecule has 3 heteroatoms. The Balaban J connectivity index is 1.58. The first kappa shape index (κ1) is 12.5. The minimum Gasteiger partial charge on any atom is -0.313 e. The van der Waals surface area contributed by atoms with Gasteiger partial charge >= 0.3 is 0 Å². The van der Waals surface area contributed by atoms with E-state index in [1.54, 1.807) is 0 Å². The highest BCUT2D eigenvalue weighted by atomic mass is 15.1. The predicted molar refractivity (Wildman–Crippen MR) is 71.0 cm³/mol. The summed E-state index contributed by atoms with van der Waals surface area (Å²) in [5, 5.41) is 3.50. The monoisotopic (exact) mass is 233 g/mol. The van der Waals surface area contributed by atoms with E-state index in [1.165, 1.54) is 50.0 Å². The molecule has 17 heavy (non-hydrogen) atoms. The zero-order valence-corrected chi connectivity index (χ0v) is 10.8. The molecule has 0 saturated carbocycles. The number of likely N-dealkylation sites (tertiary alicyclic amines) is 1. The highest BCUT2D eigenvalue weighted by molar-refractivity contribution is 5.20. The second kappa shape index (κ2) is 6.72. The van der Waals surface area contributed by atoms with E-state index in [0.29, 0.717) is 0 Å². The molecule has 1 aliphatic heterocycles. The lowest BCUT2D eigenvalue weighted by atomic mass is 10.1. The summed E-state index contributed by atoms with van der Waals surface area (Å²) in [6.45, 7) is 8.05. The van der Waals surface area contributed by atoms with Crippen molar-refractivity contribution in [3.63, 3.8) is 0 Å². The number of nitrogens with one attached hydrogen (secondary N) is 1. The Kier molecular flexibility index (Phi) is 4.95. The number of pyridine rings is 1. The van der Waals surface area contributed by atoms with Crippen molar-refractivity contribution in [1.82, 2.24) is 15.2 Å². The molecule has 1 aromatic rings. The summed E-state index contributed by atoms with van der Waals surface area (Å²) in [7, 11) is 0. The number of hydrogen-bond acceptors (Lipinski definition) is 3. The number of aromatic nitrogens is 1. The molecule has 0 radical (unpaired) electrons. The molecule has 1 N–H and O–H groups in total. The van der Waals surface area contributed by atoms with Gasteiger partial charge in [0, 0.05) is 18.9 Å². The quantitative estimate of drug-likeness (QED) is 0.761. The molecule has 1 aliphatic rings. The maximum absolute atomic E-state index is 4.16. The van der Waals surface area contributed by atoms with Crippen molar-refractivity contribution in [1.29, 1.82) is 0 Å². The van der Waals surface area contributed by atoms with Gasteiger partial charge in [-0.1, -0.05) is 0 Å². The Morgan fingerprint density at radius 3 is 2.94 bits per heavy atom. The fourth-order valence-electron chi connectivity index (χ4n) is 2.34. The van der Waals surface area contributed by atoms with E-state index < -0.39 is 0 Å². The Morgan fingerprint density at radius 1 is 1.35 bits per heavy atom. The maximum Gasteiger partial charge on any atom is 0.0315 e. The lowest BCUT2D eigenvalue weighted by Gasteiger charge is -2.14. The summed E-state index contributed by atoms with van der Waals surface area (Å²) in [6, 6.07) is 2.07. The van der Waals surface area contributed by atoms with Crippen molar-refractivity contribution in [2.75, 3.05) is 26.2 Å². The number of aryl methyl sites for hydroxylation is 1. The minimum absolute atomic E-state index is 0.944. The first-order valence-electron chi connectivity index (χ1n) is 6.69. The van der Waals surface area contributed by atoms with Gasteiger partial charge in [-0.15, -0.1) is 0 Å². The van der Waals surface area contributed by atoms with E-state index in [9.17, 15) is 0 Å². The first-order valence-corrected chi connectivity index (χ1v) is 6.69. The Hall–Kier alpha value is -0.930. The zero-order chi connectivity index (χ0) is 11.9. The van der Waals surface area contributed by atoms with Crippen LogP contribution in [0.2, 0.25) is 0 Å². The Morgan fingerprint density at radius 2 is 2.18 bits per heavy atom. The van der Waals surface area contributed by atoms with Crippen molar-refractivity contribution in [2.45, 2.75) is 32.7 Å². The van der Waals surface area contributed by atoms with Gasteiger partial charge in [-0.25, -0.2) is 0 Å². The molecule has 2 rings (SSSR count). The van der Waals surface area contributed by atoms with Crippen molar-refractivity contribution >= 4 is 0 Å². The molecule has 1 fully saturated rings. The van der Waals surface area contributed by atoms with Crippen LogP contribution in [0.1, 0.15) is 30.4 Å². The lowest BCUT2D eigenvalue weighted by Crippen LogP contribution is -2.24. The van der Waals surface area contributed by atoms with Crippen LogP contribution in [0, 0.1) is 6.92 Å². The average Bonchev–Trinajstić information content (AvgIpc) is 2.84. The minimum atomic E-state index is 0.944.